The summed E-state index contributed by atoms with van der Waals surface area (Å²) < 4.78 is 1.81. The molecule has 1 amide bonds. The molecule has 0 saturated heterocycles. The molecule has 3 aromatic carbocycles. The van der Waals surface area contributed by atoms with Crippen LogP contribution in [0, 0.1) is 0 Å². The largest absolute Gasteiger partial charge is 0.347 e. The van der Waals surface area contributed by atoms with Crippen molar-refractivity contribution in [3.8, 4) is 16.9 Å². The van der Waals surface area contributed by atoms with E-state index in [4.69, 9.17) is 0 Å². The summed E-state index contributed by atoms with van der Waals surface area (Å²) in [6.45, 7) is 0.471. The fourth-order valence-electron chi connectivity index (χ4n) is 2.94. The zero-order chi connectivity index (χ0) is 18.5. The van der Waals surface area contributed by atoms with E-state index in [0.717, 1.165) is 22.5 Å². The van der Waals surface area contributed by atoms with Crippen LogP contribution in [0.25, 0.3) is 16.9 Å². The van der Waals surface area contributed by atoms with Gasteiger partial charge in [-0.05, 0) is 23.8 Å². The highest BCUT2D eigenvalue weighted by atomic mass is 16.1. The summed E-state index contributed by atoms with van der Waals surface area (Å²) in [6.07, 6.45) is 0. The molecule has 27 heavy (non-hydrogen) atoms. The number of aromatic nitrogens is 2. The summed E-state index contributed by atoms with van der Waals surface area (Å²) in [7, 11) is 0. The number of nitrogens with one attached hydrogen (secondary N) is 1. The van der Waals surface area contributed by atoms with Gasteiger partial charge in [0.05, 0.1) is 11.4 Å². The predicted octanol–water partition coefficient (Wildman–Crippen LogP) is 4.47. The van der Waals surface area contributed by atoms with Gasteiger partial charge in [-0.3, -0.25) is 4.79 Å². The van der Waals surface area contributed by atoms with Crippen LogP contribution in [0.4, 0.5) is 0 Å². The molecule has 0 spiro atoms. The van der Waals surface area contributed by atoms with Crippen LogP contribution in [0.2, 0.25) is 0 Å². The minimum atomic E-state index is -0.189. The van der Waals surface area contributed by atoms with Crippen LogP contribution in [0.1, 0.15) is 16.1 Å². The molecule has 0 aliphatic carbocycles. The number of carbonyl (C=O) groups excluding carboxylic acids is 1. The molecule has 4 rings (SSSR count). The molecule has 4 nitrogen and oxygen atoms in total. The smallest absolute Gasteiger partial charge is 0.272 e. The quantitative estimate of drug-likeness (QED) is 0.575. The Labute approximate surface area is 158 Å². The number of benzene rings is 3. The zero-order valence-corrected chi connectivity index (χ0v) is 14.7. The SMILES string of the molecule is O=C(NCc1ccccc1)c1cc(-c2ccccc2)n(-c2ccccc2)n1. The Morgan fingerprint density at radius 3 is 2.07 bits per heavy atom. The van der Waals surface area contributed by atoms with Crippen LogP contribution in [0.15, 0.2) is 97.1 Å². The monoisotopic (exact) mass is 353 g/mol. The Bertz CT molecular complexity index is 968. The highest BCUT2D eigenvalue weighted by Crippen LogP contribution is 2.24. The molecule has 0 unspecified atom stereocenters. The first kappa shape index (κ1) is 16.8. The third-order valence-electron chi connectivity index (χ3n) is 4.31. The van der Waals surface area contributed by atoms with Gasteiger partial charge >= 0.3 is 0 Å². The molecular weight excluding hydrogens is 334 g/mol. The highest BCUT2D eigenvalue weighted by Gasteiger charge is 2.16. The molecule has 1 aromatic heterocycles. The first-order valence-electron chi connectivity index (χ1n) is 8.84. The fraction of sp³-hybridized carbons (Fsp3) is 0.0435. The lowest BCUT2D eigenvalue weighted by molar-refractivity contribution is 0.0945. The molecule has 0 saturated carbocycles. The topological polar surface area (TPSA) is 46.9 Å². The van der Waals surface area contributed by atoms with Gasteiger partial charge < -0.3 is 5.32 Å². The Hall–Kier alpha value is -3.66. The summed E-state index contributed by atoms with van der Waals surface area (Å²) in [5.74, 6) is -0.189. The summed E-state index contributed by atoms with van der Waals surface area (Å²) in [6, 6.07) is 31.5. The first-order chi connectivity index (χ1) is 13.3. The van der Waals surface area contributed by atoms with E-state index in [9.17, 15) is 4.79 Å². The van der Waals surface area contributed by atoms with E-state index < -0.39 is 0 Å². The maximum Gasteiger partial charge on any atom is 0.272 e. The van der Waals surface area contributed by atoms with Crippen molar-refractivity contribution in [2.45, 2.75) is 6.54 Å². The molecule has 0 aliphatic rings. The average Bonchev–Trinajstić information content (AvgIpc) is 3.20. The maximum atomic E-state index is 12.7. The van der Waals surface area contributed by atoms with Crippen LogP contribution in [-0.2, 0) is 6.54 Å². The molecule has 4 aromatic rings. The van der Waals surface area contributed by atoms with E-state index in [-0.39, 0.29) is 5.91 Å². The van der Waals surface area contributed by atoms with E-state index in [1.165, 1.54) is 0 Å². The number of para-hydroxylation sites is 1. The van der Waals surface area contributed by atoms with Crippen molar-refractivity contribution in [2.24, 2.45) is 0 Å². The molecular formula is C23H19N3O. The fourth-order valence-corrected chi connectivity index (χ4v) is 2.94. The van der Waals surface area contributed by atoms with Gasteiger partial charge in [0, 0.05) is 12.1 Å². The van der Waals surface area contributed by atoms with Gasteiger partial charge in [0.15, 0.2) is 5.69 Å². The van der Waals surface area contributed by atoms with Crippen LogP contribution >= 0.6 is 0 Å². The molecule has 4 heteroatoms. The van der Waals surface area contributed by atoms with Crippen LogP contribution in [0.3, 0.4) is 0 Å². The standard InChI is InChI=1S/C23H19N3O/c27-23(24-17-18-10-4-1-5-11-18)21-16-22(19-12-6-2-7-13-19)26(25-21)20-14-8-3-9-15-20/h1-16H,17H2,(H,24,27). The van der Waals surface area contributed by atoms with Crippen molar-refractivity contribution in [2.75, 3.05) is 0 Å². The van der Waals surface area contributed by atoms with Gasteiger partial charge in [-0.1, -0.05) is 78.9 Å². The summed E-state index contributed by atoms with van der Waals surface area (Å²) >= 11 is 0. The first-order valence-corrected chi connectivity index (χ1v) is 8.84. The normalized spacial score (nSPS) is 10.5. The molecule has 0 atom stereocenters. The summed E-state index contributed by atoms with van der Waals surface area (Å²) in [5, 5.41) is 7.52. The van der Waals surface area contributed by atoms with E-state index in [1.54, 1.807) is 0 Å². The molecule has 0 radical (unpaired) electrons. The Morgan fingerprint density at radius 2 is 1.41 bits per heavy atom. The molecule has 0 bridgehead atoms. The van der Waals surface area contributed by atoms with Gasteiger partial charge in [-0.25, -0.2) is 4.68 Å². The number of hydrogen-bond acceptors (Lipinski definition) is 2. The van der Waals surface area contributed by atoms with Gasteiger partial charge in [0.25, 0.3) is 5.91 Å². The van der Waals surface area contributed by atoms with Crippen molar-refractivity contribution in [3.05, 3.63) is 108 Å². The van der Waals surface area contributed by atoms with Crippen molar-refractivity contribution in [1.29, 1.82) is 0 Å². The molecule has 1 heterocycles. The third kappa shape index (κ3) is 3.80. The molecule has 132 valence electrons. The maximum absolute atomic E-state index is 12.7. The molecule has 1 N–H and O–H groups in total. The minimum Gasteiger partial charge on any atom is -0.347 e. The van der Waals surface area contributed by atoms with Crippen molar-refractivity contribution < 1.29 is 4.79 Å². The summed E-state index contributed by atoms with van der Waals surface area (Å²) in [4.78, 5) is 12.7. The second-order valence-electron chi connectivity index (χ2n) is 6.20. The van der Waals surface area contributed by atoms with Gasteiger partial charge in [-0.2, -0.15) is 5.10 Å². The molecule has 0 aliphatic heterocycles. The molecule has 0 fully saturated rings. The van der Waals surface area contributed by atoms with Crippen molar-refractivity contribution >= 4 is 5.91 Å². The highest BCUT2D eigenvalue weighted by molar-refractivity contribution is 5.93. The van der Waals surface area contributed by atoms with Crippen molar-refractivity contribution in [1.82, 2.24) is 15.1 Å². The summed E-state index contributed by atoms with van der Waals surface area (Å²) in [5.41, 5.74) is 4.26. The van der Waals surface area contributed by atoms with E-state index in [2.05, 4.69) is 10.4 Å². The van der Waals surface area contributed by atoms with Gasteiger partial charge in [0.1, 0.15) is 0 Å². The second-order valence-corrected chi connectivity index (χ2v) is 6.20. The Balaban J connectivity index is 1.66. The van der Waals surface area contributed by atoms with Crippen molar-refractivity contribution in [3.63, 3.8) is 0 Å². The number of carbonyl (C=O) groups is 1. The number of hydrogen-bond donors (Lipinski definition) is 1. The lowest BCUT2D eigenvalue weighted by atomic mass is 10.1. The predicted molar refractivity (Wildman–Crippen MR) is 107 cm³/mol. The van der Waals surface area contributed by atoms with E-state index in [0.29, 0.717) is 12.2 Å². The zero-order valence-electron chi connectivity index (χ0n) is 14.7. The lowest BCUT2D eigenvalue weighted by Gasteiger charge is -2.07. The van der Waals surface area contributed by atoms with E-state index >= 15 is 0 Å². The van der Waals surface area contributed by atoms with Crippen LogP contribution < -0.4 is 5.32 Å². The van der Waals surface area contributed by atoms with Gasteiger partial charge in [0.2, 0.25) is 0 Å². The number of nitrogens with zero attached hydrogens (tertiary/aromatic N) is 2. The van der Waals surface area contributed by atoms with E-state index in [1.807, 2.05) is 102 Å². The Morgan fingerprint density at radius 1 is 0.815 bits per heavy atom. The number of amides is 1. The number of rotatable bonds is 5. The second kappa shape index (κ2) is 7.70. The third-order valence-corrected chi connectivity index (χ3v) is 4.31. The minimum absolute atomic E-state index is 0.189. The van der Waals surface area contributed by atoms with Gasteiger partial charge in [-0.15, -0.1) is 0 Å². The lowest BCUT2D eigenvalue weighted by Crippen LogP contribution is -2.23. The van der Waals surface area contributed by atoms with Crippen LogP contribution in [0.5, 0.6) is 0 Å². The Kier molecular flexibility index (Phi) is 4.79. The average molecular weight is 353 g/mol. The van der Waals surface area contributed by atoms with Crippen LogP contribution in [-0.4, -0.2) is 15.7 Å².